The smallest absolute Gasteiger partial charge is 0.261 e. The van der Waals surface area contributed by atoms with Gasteiger partial charge in [0.25, 0.3) is 11.5 Å². The predicted molar refractivity (Wildman–Crippen MR) is 143 cm³/mol. The number of hydrogen-bond donors (Lipinski definition) is 2. The summed E-state index contributed by atoms with van der Waals surface area (Å²) in [7, 11) is 0. The molecule has 1 aliphatic carbocycles. The average Bonchev–Trinajstić information content (AvgIpc) is 2.92. The third-order valence-corrected chi connectivity index (χ3v) is 7.73. The fourth-order valence-electron chi connectivity index (χ4n) is 5.66. The number of morpholine rings is 1. The SMILES string of the molecule is CCCCN(Cc1ccccc1)Cc1ccc(C(=O)NCC2(N3CCOCC3)CCCCC2)c(=O)[nH]1. The van der Waals surface area contributed by atoms with E-state index in [2.05, 4.69) is 51.3 Å². The molecule has 2 heterocycles. The molecule has 36 heavy (non-hydrogen) atoms. The monoisotopic (exact) mass is 494 g/mol. The number of ether oxygens (including phenoxy) is 1. The normalized spacial score (nSPS) is 18.3. The van der Waals surface area contributed by atoms with Gasteiger partial charge in [0.05, 0.1) is 13.2 Å². The molecule has 196 valence electrons. The van der Waals surface area contributed by atoms with Crippen LogP contribution in [0.25, 0.3) is 0 Å². The highest BCUT2D eigenvalue weighted by atomic mass is 16.5. The maximum absolute atomic E-state index is 13.1. The van der Waals surface area contributed by atoms with E-state index in [1.54, 1.807) is 6.07 Å². The summed E-state index contributed by atoms with van der Waals surface area (Å²) < 4.78 is 5.56. The second-order valence-corrected chi connectivity index (χ2v) is 10.3. The molecule has 1 saturated heterocycles. The van der Waals surface area contributed by atoms with Crippen LogP contribution in [0.4, 0.5) is 0 Å². The van der Waals surface area contributed by atoms with Crippen molar-refractivity contribution < 1.29 is 9.53 Å². The molecule has 0 unspecified atom stereocenters. The summed E-state index contributed by atoms with van der Waals surface area (Å²) >= 11 is 0. The molecule has 2 N–H and O–H groups in total. The number of carbonyl (C=O) groups is 1. The topological polar surface area (TPSA) is 77.7 Å². The van der Waals surface area contributed by atoms with Crippen LogP contribution in [0.1, 0.15) is 73.5 Å². The van der Waals surface area contributed by atoms with Crippen LogP contribution < -0.4 is 10.9 Å². The highest BCUT2D eigenvalue weighted by Gasteiger charge is 2.39. The number of amides is 1. The van der Waals surface area contributed by atoms with Gasteiger partial charge in [-0.25, -0.2) is 0 Å². The maximum Gasteiger partial charge on any atom is 0.261 e. The largest absolute Gasteiger partial charge is 0.379 e. The zero-order valence-corrected chi connectivity index (χ0v) is 21.8. The number of carbonyl (C=O) groups excluding carboxylic acids is 1. The zero-order valence-electron chi connectivity index (χ0n) is 21.8. The first kappa shape index (κ1) is 26.6. The van der Waals surface area contributed by atoms with Crippen LogP contribution in [0.5, 0.6) is 0 Å². The average molecular weight is 495 g/mol. The lowest BCUT2D eigenvalue weighted by molar-refractivity contribution is -0.0361. The number of benzene rings is 1. The van der Waals surface area contributed by atoms with Gasteiger partial charge in [0.15, 0.2) is 0 Å². The number of rotatable bonds is 11. The Morgan fingerprint density at radius 3 is 2.50 bits per heavy atom. The molecule has 2 aromatic rings. The van der Waals surface area contributed by atoms with Gasteiger partial charge in [-0.3, -0.25) is 19.4 Å². The fraction of sp³-hybridized carbons (Fsp3) is 0.586. The third kappa shape index (κ3) is 7.05. The molecular weight excluding hydrogens is 452 g/mol. The van der Waals surface area contributed by atoms with Gasteiger partial charge in [-0.2, -0.15) is 0 Å². The number of pyridine rings is 1. The Bertz CT molecular complexity index is 1010. The molecule has 0 radical (unpaired) electrons. The number of aromatic nitrogens is 1. The van der Waals surface area contributed by atoms with Crippen molar-refractivity contribution in [1.29, 1.82) is 0 Å². The molecule has 1 amide bonds. The molecule has 0 bridgehead atoms. The zero-order chi connectivity index (χ0) is 25.2. The Morgan fingerprint density at radius 2 is 1.81 bits per heavy atom. The van der Waals surface area contributed by atoms with Crippen LogP contribution in [-0.4, -0.2) is 65.6 Å². The van der Waals surface area contributed by atoms with Crippen LogP contribution in [-0.2, 0) is 17.8 Å². The lowest BCUT2D eigenvalue weighted by Crippen LogP contribution is -2.59. The Labute approximate surface area is 215 Å². The van der Waals surface area contributed by atoms with Gasteiger partial charge in [0.1, 0.15) is 5.56 Å². The third-order valence-electron chi connectivity index (χ3n) is 7.73. The van der Waals surface area contributed by atoms with Crippen molar-refractivity contribution in [2.24, 2.45) is 0 Å². The second-order valence-electron chi connectivity index (χ2n) is 10.3. The molecular formula is C29H42N4O3. The van der Waals surface area contributed by atoms with Gasteiger partial charge in [0.2, 0.25) is 0 Å². The van der Waals surface area contributed by atoms with E-state index in [1.165, 1.54) is 24.8 Å². The van der Waals surface area contributed by atoms with E-state index >= 15 is 0 Å². The molecule has 2 fully saturated rings. The van der Waals surface area contributed by atoms with Gasteiger partial charge >= 0.3 is 0 Å². The van der Waals surface area contributed by atoms with E-state index in [1.807, 2.05) is 12.1 Å². The van der Waals surface area contributed by atoms with Crippen LogP contribution >= 0.6 is 0 Å². The number of hydrogen-bond acceptors (Lipinski definition) is 5. The molecule has 1 aliphatic heterocycles. The first-order valence-corrected chi connectivity index (χ1v) is 13.7. The van der Waals surface area contributed by atoms with Gasteiger partial charge < -0.3 is 15.0 Å². The van der Waals surface area contributed by atoms with Crippen molar-refractivity contribution in [1.82, 2.24) is 20.1 Å². The van der Waals surface area contributed by atoms with Crippen molar-refractivity contribution in [3.05, 3.63) is 69.6 Å². The van der Waals surface area contributed by atoms with Gasteiger partial charge in [-0.1, -0.05) is 62.9 Å². The first-order chi connectivity index (χ1) is 17.6. The predicted octanol–water partition coefficient (Wildman–Crippen LogP) is 3.94. The summed E-state index contributed by atoms with van der Waals surface area (Å²) in [5.74, 6) is -0.284. The standard InChI is InChI=1S/C29H42N4O3/c1-2-3-16-32(21-24-10-6-4-7-11-24)22-25-12-13-26(28(35)31-25)27(34)30-23-29(14-8-5-9-15-29)33-17-19-36-20-18-33/h4,6-7,10-13H,2-3,5,8-9,14-23H2,1H3,(H,30,34)(H,31,35). The minimum Gasteiger partial charge on any atom is -0.379 e. The highest BCUT2D eigenvalue weighted by Crippen LogP contribution is 2.34. The second kappa shape index (κ2) is 13.2. The van der Waals surface area contributed by atoms with Gasteiger partial charge in [-0.15, -0.1) is 0 Å². The van der Waals surface area contributed by atoms with Crippen molar-refractivity contribution in [3.8, 4) is 0 Å². The Kier molecular flexibility index (Phi) is 9.73. The van der Waals surface area contributed by atoms with E-state index in [-0.39, 0.29) is 22.6 Å². The van der Waals surface area contributed by atoms with E-state index < -0.39 is 0 Å². The molecule has 1 saturated carbocycles. The number of nitrogens with zero attached hydrogens (tertiary/aromatic N) is 2. The maximum atomic E-state index is 13.1. The minimum atomic E-state index is -0.316. The van der Waals surface area contributed by atoms with Crippen LogP contribution in [0.3, 0.4) is 0 Å². The molecule has 1 aromatic carbocycles. The molecule has 0 spiro atoms. The van der Waals surface area contributed by atoms with Crippen LogP contribution in [0, 0.1) is 0 Å². The quantitative estimate of drug-likeness (QED) is 0.495. The van der Waals surface area contributed by atoms with Gasteiger partial charge in [-0.05, 0) is 43.5 Å². The van der Waals surface area contributed by atoms with E-state index in [0.29, 0.717) is 13.1 Å². The molecule has 7 nitrogen and oxygen atoms in total. The Morgan fingerprint density at radius 1 is 1.06 bits per heavy atom. The molecule has 1 aromatic heterocycles. The summed E-state index contributed by atoms with van der Waals surface area (Å²) in [5, 5.41) is 3.12. The van der Waals surface area contributed by atoms with E-state index in [0.717, 1.165) is 70.8 Å². The number of nitrogens with one attached hydrogen (secondary N) is 2. The minimum absolute atomic E-state index is 0.0262. The summed E-state index contributed by atoms with van der Waals surface area (Å²) in [6, 6.07) is 14.0. The highest BCUT2D eigenvalue weighted by molar-refractivity contribution is 5.93. The fourth-order valence-corrected chi connectivity index (χ4v) is 5.66. The van der Waals surface area contributed by atoms with Gasteiger partial charge in [0, 0.05) is 44.0 Å². The number of H-pyrrole nitrogens is 1. The molecule has 7 heteroatoms. The summed E-state index contributed by atoms with van der Waals surface area (Å²) in [6.07, 6.45) is 7.99. The number of aromatic amines is 1. The Hall–Kier alpha value is -2.48. The van der Waals surface area contributed by atoms with Crippen molar-refractivity contribution >= 4 is 5.91 Å². The number of unbranched alkanes of at least 4 members (excludes halogenated alkanes) is 1. The van der Waals surface area contributed by atoms with Crippen molar-refractivity contribution in [2.75, 3.05) is 39.4 Å². The molecule has 4 rings (SSSR count). The lowest BCUT2D eigenvalue weighted by atomic mass is 9.79. The van der Waals surface area contributed by atoms with E-state index in [4.69, 9.17) is 4.74 Å². The summed E-state index contributed by atoms with van der Waals surface area (Å²) in [4.78, 5) is 33.8. The van der Waals surface area contributed by atoms with Crippen molar-refractivity contribution in [2.45, 2.75) is 70.5 Å². The van der Waals surface area contributed by atoms with Crippen LogP contribution in [0.15, 0.2) is 47.3 Å². The molecule has 2 aliphatic rings. The summed E-state index contributed by atoms with van der Waals surface area (Å²) in [6.45, 7) is 8.50. The first-order valence-electron chi connectivity index (χ1n) is 13.7. The lowest BCUT2D eigenvalue weighted by Gasteiger charge is -2.48. The molecule has 0 atom stereocenters. The van der Waals surface area contributed by atoms with E-state index in [9.17, 15) is 9.59 Å². The summed E-state index contributed by atoms with van der Waals surface area (Å²) in [5.41, 5.74) is 1.94. The van der Waals surface area contributed by atoms with Crippen molar-refractivity contribution in [3.63, 3.8) is 0 Å². The Balaban J connectivity index is 1.40. The van der Waals surface area contributed by atoms with Crippen LogP contribution in [0.2, 0.25) is 0 Å².